The first-order valence-electron chi connectivity index (χ1n) is 6.99. The van der Waals surface area contributed by atoms with E-state index in [9.17, 15) is 9.59 Å². The highest BCUT2D eigenvalue weighted by Gasteiger charge is 2.08. The molecule has 3 atom stereocenters. The van der Waals surface area contributed by atoms with Crippen LogP contribution in [-0.4, -0.2) is 37.7 Å². The normalized spacial score (nSPS) is 15.9. The van der Waals surface area contributed by atoms with E-state index >= 15 is 0 Å². The van der Waals surface area contributed by atoms with Crippen LogP contribution in [0.15, 0.2) is 0 Å². The molecule has 0 saturated heterocycles. The summed E-state index contributed by atoms with van der Waals surface area (Å²) < 4.78 is 0. The maximum absolute atomic E-state index is 10.6. The Hall–Kier alpha value is -0.740. The third kappa shape index (κ3) is 9.31. The van der Waals surface area contributed by atoms with E-state index in [0.717, 1.165) is 44.9 Å². The molecule has 0 radical (unpaired) electrons. The second-order valence-corrected chi connectivity index (χ2v) is 5.06. The van der Waals surface area contributed by atoms with E-state index in [1.54, 1.807) is 0 Å². The molecule has 0 rings (SSSR count). The smallest absolute Gasteiger partial charge is 0.137 e. The van der Waals surface area contributed by atoms with Gasteiger partial charge < -0.3 is 20.2 Å². The Bertz CT molecular complexity index is 222. The van der Waals surface area contributed by atoms with E-state index in [0.29, 0.717) is 12.0 Å². The molecule has 0 bridgehead atoms. The number of rotatable bonds is 12. The van der Waals surface area contributed by atoms with Gasteiger partial charge in [-0.05, 0) is 45.2 Å². The van der Waals surface area contributed by atoms with Gasteiger partial charge in [-0.2, -0.15) is 0 Å². The molecule has 18 heavy (non-hydrogen) atoms. The summed E-state index contributed by atoms with van der Waals surface area (Å²) in [5.74, 6) is 0.526. The van der Waals surface area contributed by atoms with E-state index in [-0.39, 0.29) is 12.5 Å². The van der Waals surface area contributed by atoms with Crippen molar-refractivity contribution in [2.24, 2.45) is 5.92 Å². The minimum atomic E-state index is -0.316. The van der Waals surface area contributed by atoms with Crippen LogP contribution < -0.4 is 10.6 Å². The van der Waals surface area contributed by atoms with Gasteiger partial charge in [0.05, 0.1) is 6.04 Å². The van der Waals surface area contributed by atoms with Gasteiger partial charge in [0.1, 0.15) is 12.6 Å². The van der Waals surface area contributed by atoms with Crippen LogP contribution in [0.4, 0.5) is 0 Å². The lowest BCUT2D eigenvalue weighted by atomic mass is 10.0. The molecular weight excluding hydrogens is 228 g/mol. The third-order valence-electron chi connectivity index (χ3n) is 3.22. The van der Waals surface area contributed by atoms with Gasteiger partial charge in [0.2, 0.25) is 0 Å². The Labute approximate surface area is 111 Å². The van der Waals surface area contributed by atoms with E-state index in [1.165, 1.54) is 0 Å². The van der Waals surface area contributed by atoms with Crippen LogP contribution in [0.1, 0.15) is 46.5 Å². The van der Waals surface area contributed by atoms with Crippen LogP contribution >= 0.6 is 0 Å². The first kappa shape index (κ1) is 17.3. The fourth-order valence-corrected chi connectivity index (χ4v) is 1.69. The summed E-state index contributed by atoms with van der Waals surface area (Å²) in [6.07, 6.45) is 5.30. The first-order chi connectivity index (χ1) is 8.63. The van der Waals surface area contributed by atoms with E-state index in [4.69, 9.17) is 0 Å². The Morgan fingerprint density at radius 2 is 1.89 bits per heavy atom. The molecule has 2 N–H and O–H groups in total. The highest BCUT2D eigenvalue weighted by molar-refractivity contribution is 5.65. The Morgan fingerprint density at radius 1 is 1.17 bits per heavy atom. The van der Waals surface area contributed by atoms with Crippen molar-refractivity contribution < 1.29 is 9.59 Å². The summed E-state index contributed by atoms with van der Waals surface area (Å²) in [6.45, 7) is 8.38. The summed E-state index contributed by atoms with van der Waals surface area (Å²) in [5, 5.41) is 6.57. The van der Waals surface area contributed by atoms with Crippen molar-refractivity contribution in [1.82, 2.24) is 10.6 Å². The summed E-state index contributed by atoms with van der Waals surface area (Å²) in [6, 6.07) is 0.272. The van der Waals surface area contributed by atoms with Crippen molar-refractivity contribution in [3.05, 3.63) is 0 Å². The maximum atomic E-state index is 10.6. The topological polar surface area (TPSA) is 58.2 Å². The van der Waals surface area contributed by atoms with Crippen molar-refractivity contribution in [3.63, 3.8) is 0 Å². The van der Waals surface area contributed by atoms with Crippen LogP contribution in [0.3, 0.4) is 0 Å². The van der Waals surface area contributed by atoms with Gasteiger partial charge in [0.25, 0.3) is 0 Å². The van der Waals surface area contributed by atoms with Gasteiger partial charge in [0.15, 0.2) is 0 Å². The first-order valence-corrected chi connectivity index (χ1v) is 6.99. The SMILES string of the molecule is CCC(C)NCCCC(C)CNC(C=O)CC=O. The van der Waals surface area contributed by atoms with E-state index < -0.39 is 0 Å². The largest absolute Gasteiger partial charge is 0.314 e. The molecule has 0 aromatic rings. The summed E-state index contributed by atoms with van der Waals surface area (Å²) in [5.41, 5.74) is 0. The zero-order valence-electron chi connectivity index (χ0n) is 11.9. The zero-order valence-corrected chi connectivity index (χ0v) is 11.9. The summed E-state index contributed by atoms with van der Waals surface area (Å²) in [7, 11) is 0. The van der Waals surface area contributed by atoms with Crippen LogP contribution in [0.2, 0.25) is 0 Å². The molecule has 4 nitrogen and oxygen atoms in total. The number of aldehydes is 2. The Kier molecular flexibility index (Phi) is 10.9. The number of hydrogen-bond acceptors (Lipinski definition) is 4. The predicted molar refractivity (Wildman–Crippen MR) is 74.7 cm³/mol. The molecule has 0 aromatic carbocycles. The lowest BCUT2D eigenvalue weighted by Gasteiger charge is -2.16. The highest BCUT2D eigenvalue weighted by Crippen LogP contribution is 2.04. The average Bonchev–Trinajstić information content (AvgIpc) is 2.39. The van der Waals surface area contributed by atoms with E-state index in [2.05, 4.69) is 31.4 Å². The molecule has 4 heteroatoms. The van der Waals surface area contributed by atoms with Crippen molar-refractivity contribution in [2.45, 2.75) is 58.5 Å². The van der Waals surface area contributed by atoms with Crippen LogP contribution in [0.25, 0.3) is 0 Å². The second kappa shape index (κ2) is 11.4. The van der Waals surface area contributed by atoms with Gasteiger partial charge in [-0.15, -0.1) is 0 Å². The number of carbonyl (C=O) groups is 2. The number of carbonyl (C=O) groups excluding carboxylic acids is 2. The van der Waals surface area contributed by atoms with Crippen molar-refractivity contribution in [3.8, 4) is 0 Å². The summed E-state index contributed by atoms with van der Waals surface area (Å²) >= 11 is 0. The molecule has 0 saturated carbocycles. The third-order valence-corrected chi connectivity index (χ3v) is 3.22. The monoisotopic (exact) mass is 256 g/mol. The van der Waals surface area contributed by atoms with Crippen molar-refractivity contribution in [2.75, 3.05) is 13.1 Å². The number of hydrogen-bond donors (Lipinski definition) is 2. The zero-order chi connectivity index (χ0) is 13.8. The molecule has 0 spiro atoms. The minimum absolute atomic E-state index is 0.270. The molecular formula is C14H28N2O2. The second-order valence-electron chi connectivity index (χ2n) is 5.06. The van der Waals surface area contributed by atoms with E-state index in [1.807, 2.05) is 0 Å². The predicted octanol–water partition coefficient (Wildman–Crippen LogP) is 1.54. The molecule has 0 heterocycles. The van der Waals surface area contributed by atoms with Gasteiger partial charge in [-0.25, -0.2) is 0 Å². The quantitative estimate of drug-likeness (QED) is 0.411. The van der Waals surface area contributed by atoms with Gasteiger partial charge >= 0.3 is 0 Å². The molecule has 0 aliphatic rings. The van der Waals surface area contributed by atoms with Crippen LogP contribution in [0.5, 0.6) is 0 Å². The van der Waals surface area contributed by atoms with Crippen molar-refractivity contribution >= 4 is 12.6 Å². The molecule has 0 aliphatic carbocycles. The summed E-state index contributed by atoms with van der Waals surface area (Å²) in [4.78, 5) is 21.0. The fourth-order valence-electron chi connectivity index (χ4n) is 1.69. The molecule has 106 valence electrons. The molecule has 3 unspecified atom stereocenters. The van der Waals surface area contributed by atoms with Gasteiger partial charge in [0, 0.05) is 12.5 Å². The van der Waals surface area contributed by atoms with Crippen LogP contribution in [0, 0.1) is 5.92 Å². The molecule has 0 amide bonds. The number of nitrogens with one attached hydrogen (secondary N) is 2. The van der Waals surface area contributed by atoms with Crippen molar-refractivity contribution in [1.29, 1.82) is 0 Å². The van der Waals surface area contributed by atoms with Gasteiger partial charge in [-0.3, -0.25) is 0 Å². The van der Waals surface area contributed by atoms with Gasteiger partial charge in [-0.1, -0.05) is 13.8 Å². The highest BCUT2D eigenvalue weighted by atomic mass is 16.1. The lowest BCUT2D eigenvalue weighted by molar-refractivity contribution is -0.114. The molecule has 0 fully saturated rings. The minimum Gasteiger partial charge on any atom is -0.314 e. The standard InChI is InChI=1S/C14H28N2O2/c1-4-13(3)15-8-5-6-12(2)10-16-14(11-18)7-9-17/h9,11-16H,4-8,10H2,1-3H3. The average molecular weight is 256 g/mol. The van der Waals surface area contributed by atoms with Crippen LogP contribution in [-0.2, 0) is 9.59 Å². The molecule has 0 aromatic heterocycles. The Balaban J connectivity index is 3.55. The lowest BCUT2D eigenvalue weighted by Crippen LogP contribution is -2.34. The fraction of sp³-hybridized carbons (Fsp3) is 0.857. The maximum Gasteiger partial charge on any atom is 0.137 e. The Morgan fingerprint density at radius 3 is 2.44 bits per heavy atom. The molecule has 0 aliphatic heterocycles.